The van der Waals surface area contributed by atoms with Gasteiger partial charge in [-0.25, -0.2) is 22.2 Å². The number of halogens is 2. The number of pyridine rings is 1. The maximum absolute atomic E-state index is 15.0. The quantitative estimate of drug-likeness (QED) is 0.519. The van der Waals surface area contributed by atoms with Gasteiger partial charge in [0.2, 0.25) is 0 Å². The van der Waals surface area contributed by atoms with Crippen LogP contribution in [-0.2, 0) is 26.5 Å². The summed E-state index contributed by atoms with van der Waals surface area (Å²) in [6.45, 7) is 2.81. The van der Waals surface area contributed by atoms with Crippen molar-refractivity contribution < 1.29 is 27.1 Å². The lowest BCUT2D eigenvalue weighted by Crippen LogP contribution is -2.54. The van der Waals surface area contributed by atoms with Gasteiger partial charge in [-0.15, -0.1) is 0 Å². The Morgan fingerprint density at radius 1 is 1.11 bits per heavy atom. The normalized spacial score (nSPS) is 23.5. The largest absolute Gasteiger partial charge is 0.506 e. The molecule has 1 aromatic heterocycles. The highest BCUT2D eigenvalue weighted by Gasteiger charge is 2.53. The van der Waals surface area contributed by atoms with E-state index in [1.165, 1.54) is 56.3 Å². The van der Waals surface area contributed by atoms with Crippen LogP contribution in [-0.4, -0.2) is 35.9 Å². The molecule has 0 saturated heterocycles. The average Bonchev–Trinajstić information content (AvgIpc) is 2.78. The first kappa shape index (κ1) is 24.5. The highest BCUT2D eigenvalue weighted by molar-refractivity contribution is 7.93. The third-order valence-electron chi connectivity index (χ3n) is 6.33. The van der Waals surface area contributed by atoms with Crippen molar-refractivity contribution in [1.82, 2.24) is 4.98 Å². The number of benzene rings is 2. The van der Waals surface area contributed by atoms with Crippen LogP contribution in [0.15, 0.2) is 65.8 Å². The fourth-order valence-corrected chi connectivity index (χ4v) is 6.35. The molecule has 7 nitrogen and oxygen atoms in total. The zero-order chi connectivity index (χ0) is 25.6. The summed E-state index contributed by atoms with van der Waals surface area (Å²) in [5.41, 5.74) is 5.25. The second-order valence-electron chi connectivity index (χ2n) is 8.89. The van der Waals surface area contributed by atoms with Crippen LogP contribution in [0.1, 0.15) is 41.0 Å². The molecular weight excluding hydrogens is 476 g/mol. The summed E-state index contributed by atoms with van der Waals surface area (Å²) in [4.78, 5) is 20.9. The molecule has 3 aromatic rings. The third kappa shape index (κ3) is 4.29. The Labute approximate surface area is 201 Å². The van der Waals surface area contributed by atoms with Crippen molar-refractivity contribution in [3.63, 3.8) is 0 Å². The van der Waals surface area contributed by atoms with Gasteiger partial charge in [-0.3, -0.25) is 9.79 Å². The van der Waals surface area contributed by atoms with Crippen LogP contribution in [0.4, 0.5) is 8.78 Å². The summed E-state index contributed by atoms with van der Waals surface area (Å²) in [6.07, 6.45) is 1.01. The summed E-state index contributed by atoms with van der Waals surface area (Å²) >= 11 is 0. The Morgan fingerprint density at radius 3 is 2.49 bits per heavy atom. The summed E-state index contributed by atoms with van der Waals surface area (Å²) < 4.78 is 54.1. The fourth-order valence-electron chi connectivity index (χ4n) is 4.25. The van der Waals surface area contributed by atoms with Crippen LogP contribution < -0.4 is 5.73 Å². The molecule has 0 fully saturated rings. The van der Waals surface area contributed by atoms with Crippen molar-refractivity contribution in [3.8, 4) is 5.75 Å². The van der Waals surface area contributed by atoms with E-state index in [0.29, 0.717) is 5.56 Å². The van der Waals surface area contributed by atoms with Gasteiger partial charge in [0.05, 0.1) is 11.9 Å². The number of sulfone groups is 1. The topological polar surface area (TPSA) is 123 Å². The fraction of sp³-hybridized carbons (Fsp3) is 0.240. The van der Waals surface area contributed by atoms with E-state index in [9.17, 15) is 27.1 Å². The van der Waals surface area contributed by atoms with E-state index < -0.39 is 37.5 Å². The number of aliphatic imine (C=N–C) groups is 1. The van der Waals surface area contributed by atoms with Crippen LogP contribution in [0, 0.1) is 11.6 Å². The molecule has 1 aliphatic rings. The lowest BCUT2D eigenvalue weighted by atomic mass is 9.90. The Balaban J connectivity index is 1.74. The lowest BCUT2D eigenvalue weighted by Gasteiger charge is -2.40. The number of nitrogens with two attached hydrogens (primary N) is 1. The molecule has 3 N–H and O–H groups in total. The number of rotatable bonds is 5. The molecule has 10 heteroatoms. The average molecular weight is 500 g/mol. The van der Waals surface area contributed by atoms with Gasteiger partial charge in [0.25, 0.3) is 0 Å². The van der Waals surface area contributed by atoms with Gasteiger partial charge in [-0.05, 0) is 61.4 Å². The van der Waals surface area contributed by atoms with E-state index in [0.717, 1.165) is 18.3 Å². The molecule has 4 rings (SSSR count). The van der Waals surface area contributed by atoms with Gasteiger partial charge in [0.1, 0.15) is 34.5 Å². The standard InChI is InChI=1S/C25H23F2N3O4S/c1-24(14-35(33,34)25(2,23(28)30-24)16-4-3-5-17(26)12-16)19-10-15(6-8-20(19)27)11-22(32)21-9-7-18(31)13-29-21/h3-10,12-13,31H,11,14H2,1-2H3,(H2,28,30)/t24-,25-/m0/s1. The van der Waals surface area contributed by atoms with E-state index >= 15 is 0 Å². The molecule has 2 atom stereocenters. The summed E-state index contributed by atoms with van der Waals surface area (Å²) in [6, 6.07) is 11.8. The second kappa shape index (κ2) is 8.53. The van der Waals surface area contributed by atoms with Gasteiger partial charge in [-0.1, -0.05) is 18.2 Å². The molecule has 0 radical (unpaired) electrons. The van der Waals surface area contributed by atoms with Crippen LogP contribution in [0.2, 0.25) is 0 Å². The SMILES string of the molecule is C[C@@]1(c2cc(CC(=O)c3ccc(O)cn3)ccc2F)CS(=O)(=O)[C@@](C)(c2cccc(F)c2)C(N)=N1. The van der Waals surface area contributed by atoms with Crippen molar-refractivity contribution in [2.24, 2.45) is 10.7 Å². The minimum absolute atomic E-state index is 0.0331. The van der Waals surface area contributed by atoms with Crippen molar-refractivity contribution >= 4 is 21.5 Å². The molecule has 0 amide bonds. The number of nitrogens with zero attached hydrogens (tertiary/aromatic N) is 2. The first-order chi connectivity index (χ1) is 16.4. The molecule has 0 aliphatic carbocycles. The number of aromatic hydroxyl groups is 1. The molecule has 0 bridgehead atoms. The molecule has 182 valence electrons. The van der Waals surface area contributed by atoms with Crippen molar-refractivity contribution in [3.05, 3.63) is 94.8 Å². The molecule has 35 heavy (non-hydrogen) atoms. The molecule has 0 spiro atoms. The van der Waals surface area contributed by atoms with Crippen LogP contribution in [0.25, 0.3) is 0 Å². The number of hydrogen-bond acceptors (Lipinski definition) is 7. The van der Waals surface area contributed by atoms with Crippen molar-refractivity contribution in [2.75, 3.05) is 5.75 Å². The van der Waals surface area contributed by atoms with Crippen molar-refractivity contribution in [2.45, 2.75) is 30.6 Å². The zero-order valence-corrected chi connectivity index (χ0v) is 19.8. The zero-order valence-electron chi connectivity index (χ0n) is 19.0. The number of carbonyl (C=O) groups excluding carboxylic acids is 1. The maximum atomic E-state index is 15.0. The van der Waals surface area contributed by atoms with Gasteiger partial charge >= 0.3 is 0 Å². The van der Waals surface area contributed by atoms with Gasteiger partial charge in [0, 0.05) is 12.0 Å². The monoisotopic (exact) mass is 499 g/mol. The summed E-state index contributed by atoms with van der Waals surface area (Å²) in [5, 5.41) is 9.35. The predicted octanol–water partition coefficient (Wildman–Crippen LogP) is 3.41. The molecule has 0 unspecified atom stereocenters. The highest BCUT2D eigenvalue weighted by Crippen LogP contribution is 2.43. The van der Waals surface area contributed by atoms with Gasteiger partial charge in [-0.2, -0.15) is 0 Å². The van der Waals surface area contributed by atoms with E-state index in [1.54, 1.807) is 0 Å². The minimum atomic E-state index is -4.09. The lowest BCUT2D eigenvalue weighted by molar-refractivity contribution is 0.0988. The molecule has 1 aliphatic heterocycles. The number of amidine groups is 1. The Kier molecular flexibility index (Phi) is 5.96. The second-order valence-corrected chi connectivity index (χ2v) is 11.2. The van der Waals surface area contributed by atoms with Crippen LogP contribution >= 0.6 is 0 Å². The van der Waals surface area contributed by atoms with Crippen LogP contribution in [0.3, 0.4) is 0 Å². The van der Waals surface area contributed by atoms with E-state index in [4.69, 9.17) is 5.73 Å². The van der Waals surface area contributed by atoms with Gasteiger partial charge < -0.3 is 10.8 Å². The highest BCUT2D eigenvalue weighted by atomic mass is 32.2. The Bertz CT molecular complexity index is 1460. The minimum Gasteiger partial charge on any atom is -0.506 e. The summed E-state index contributed by atoms with van der Waals surface area (Å²) in [5.74, 6) is -2.64. The summed E-state index contributed by atoms with van der Waals surface area (Å²) in [7, 11) is -4.09. The molecule has 2 heterocycles. The Morgan fingerprint density at radius 2 is 1.86 bits per heavy atom. The number of hydrogen-bond donors (Lipinski definition) is 2. The number of Topliss-reactive ketones (excluding diaryl/α,β-unsaturated/α-hetero) is 1. The first-order valence-corrected chi connectivity index (χ1v) is 12.3. The first-order valence-electron chi connectivity index (χ1n) is 10.7. The number of carbonyl (C=O) groups is 1. The molecule has 0 saturated carbocycles. The van der Waals surface area contributed by atoms with E-state index in [2.05, 4.69) is 9.98 Å². The van der Waals surface area contributed by atoms with Crippen molar-refractivity contribution in [1.29, 1.82) is 0 Å². The maximum Gasteiger partial charge on any atom is 0.185 e. The number of ketones is 1. The smallest absolute Gasteiger partial charge is 0.185 e. The third-order valence-corrected chi connectivity index (χ3v) is 8.96. The Hall–Kier alpha value is -3.66. The predicted molar refractivity (Wildman–Crippen MR) is 127 cm³/mol. The van der Waals surface area contributed by atoms with E-state index in [-0.39, 0.29) is 40.6 Å². The van der Waals surface area contributed by atoms with E-state index in [1.807, 2.05) is 0 Å². The number of aromatic nitrogens is 1. The van der Waals surface area contributed by atoms with Gasteiger partial charge in [0.15, 0.2) is 20.4 Å². The van der Waals surface area contributed by atoms with Crippen LogP contribution in [0.5, 0.6) is 5.75 Å². The molecule has 2 aromatic carbocycles. The molecular formula is C25H23F2N3O4S.